The quantitative estimate of drug-likeness (QED) is 0.0912. The van der Waals surface area contributed by atoms with Crippen LogP contribution in [-0.4, -0.2) is 98.7 Å². The van der Waals surface area contributed by atoms with Gasteiger partial charge < -0.3 is 49.6 Å². The van der Waals surface area contributed by atoms with Crippen LogP contribution >= 0.6 is 0 Å². The van der Waals surface area contributed by atoms with Crippen LogP contribution in [0.1, 0.15) is 96.8 Å². The third-order valence-corrected chi connectivity index (χ3v) is 7.25. The van der Waals surface area contributed by atoms with Crippen molar-refractivity contribution in [3.05, 3.63) is 11.5 Å². The van der Waals surface area contributed by atoms with Gasteiger partial charge in [0, 0.05) is 6.42 Å². The van der Waals surface area contributed by atoms with Crippen molar-refractivity contribution in [2.75, 3.05) is 13.2 Å². The van der Waals surface area contributed by atoms with Gasteiger partial charge in [-0.25, -0.2) is 4.79 Å². The zero-order valence-corrected chi connectivity index (χ0v) is 23.5. The van der Waals surface area contributed by atoms with Crippen LogP contribution in [0.2, 0.25) is 0 Å². The first-order valence-electron chi connectivity index (χ1n) is 14.7. The van der Waals surface area contributed by atoms with Gasteiger partial charge in [-0.3, -0.25) is 4.79 Å². The van der Waals surface area contributed by atoms with Gasteiger partial charge in [0.05, 0.1) is 6.61 Å². The van der Waals surface area contributed by atoms with Gasteiger partial charge in [0.25, 0.3) is 0 Å². The smallest absolute Gasteiger partial charge is 0.378 e. The van der Waals surface area contributed by atoms with Crippen LogP contribution in [0, 0.1) is 0 Å². The Labute approximate surface area is 235 Å². The number of hydrogen-bond donors (Lipinski definition) is 6. The van der Waals surface area contributed by atoms with Gasteiger partial charge >= 0.3 is 11.9 Å². The van der Waals surface area contributed by atoms with E-state index in [0.717, 1.165) is 19.3 Å². The molecule has 6 N–H and O–H groups in total. The van der Waals surface area contributed by atoms with E-state index in [1.807, 2.05) is 0 Å². The van der Waals surface area contributed by atoms with E-state index in [4.69, 9.17) is 24.1 Å². The van der Waals surface area contributed by atoms with Crippen LogP contribution in [-0.2, 0) is 28.5 Å². The molecular weight excluding hydrogens is 528 g/mol. The number of carbonyl (C=O) groups excluding carboxylic acids is 2. The molecule has 2 aliphatic heterocycles. The molecule has 12 heteroatoms. The molecule has 0 bridgehead atoms. The largest absolute Gasteiger partial charge is 0.505 e. The fraction of sp³-hybridized carbons (Fsp3) is 0.857. The SMILES string of the molecule is CCCCCCCCCCCCCCCC(=O)OC[C@H]1O[C@@H](OC2=C(O)[C@@H]([C@@H](O)CO)OC2=O)[C@H](O)[C@@H](O)[C@H]1O. The van der Waals surface area contributed by atoms with Gasteiger partial charge in [-0.2, -0.15) is 0 Å². The fourth-order valence-corrected chi connectivity index (χ4v) is 4.73. The summed E-state index contributed by atoms with van der Waals surface area (Å²) in [5.41, 5.74) is 0. The Balaban J connectivity index is 1.66. The minimum absolute atomic E-state index is 0.187. The Bertz CT molecular complexity index is 787. The number of cyclic esters (lactones) is 1. The molecule has 0 aliphatic carbocycles. The van der Waals surface area contributed by atoms with E-state index in [2.05, 4.69) is 6.92 Å². The highest BCUT2D eigenvalue weighted by molar-refractivity contribution is 5.89. The van der Waals surface area contributed by atoms with Gasteiger partial charge in [-0.1, -0.05) is 84.0 Å². The van der Waals surface area contributed by atoms with E-state index in [1.165, 1.54) is 57.8 Å². The van der Waals surface area contributed by atoms with Crippen molar-refractivity contribution in [2.24, 2.45) is 0 Å². The maximum Gasteiger partial charge on any atom is 0.378 e. The van der Waals surface area contributed by atoms with Crippen LogP contribution in [0.3, 0.4) is 0 Å². The van der Waals surface area contributed by atoms with E-state index in [-0.39, 0.29) is 6.42 Å². The zero-order chi connectivity index (χ0) is 29.5. The summed E-state index contributed by atoms with van der Waals surface area (Å²) in [6.07, 6.45) is 4.10. The van der Waals surface area contributed by atoms with E-state index < -0.39 is 79.6 Å². The summed E-state index contributed by atoms with van der Waals surface area (Å²) in [6.45, 7) is 0.973. The second-order valence-corrected chi connectivity index (χ2v) is 10.6. The lowest BCUT2D eigenvalue weighted by molar-refractivity contribution is -0.292. The summed E-state index contributed by atoms with van der Waals surface area (Å²) in [4.78, 5) is 24.2. The van der Waals surface area contributed by atoms with Crippen molar-refractivity contribution in [3.63, 3.8) is 0 Å². The topological polar surface area (TPSA) is 192 Å². The van der Waals surface area contributed by atoms with Crippen LogP contribution in [0.25, 0.3) is 0 Å². The maximum atomic E-state index is 12.2. The molecule has 1 saturated heterocycles. The molecule has 232 valence electrons. The summed E-state index contributed by atoms with van der Waals surface area (Å²) >= 11 is 0. The van der Waals surface area contributed by atoms with Gasteiger partial charge in [0.1, 0.15) is 37.1 Å². The number of rotatable bonds is 20. The molecule has 0 unspecified atom stereocenters. The molecule has 0 saturated carbocycles. The lowest BCUT2D eigenvalue weighted by atomic mass is 9.99. The number of carbonyl (C=O) groups is 2. The average molecular weight is 577 g/mol. The Morgan fingerprint density at radius 1 is 0.875 bits per heavy atom. The van der Waals surface area contributed by atoms with Crippen LogP contribution in [0.15, 0.2) is 11.5 Å². The van der Waals surface area contributed by atoms with Crippen molar-refractivity contribution in [3.8, 4) is 0 Å². The summed E-state index contributed by atoms with van der Waals surface area (Å²) in [5, 5.41) is 59.5. The minimum atomic E-state index is -1.83. The number of unbranched alkanes of at least 4 members (excludes halogenated alkanes) is 12. The summed E-state index contributed by atoms with van der Waals surface area (Å²) in [5.74, 6) is -3.31. The lowest BCUT2D eigenvalue weighted by Crippen LogP contribution is -2.59. The first-order chi connectivity index (χ1) is 19.2. The molecule has 12 nitrogen and oxygen atoms in total. The minimum Gasteiger partial charge on any atom is -0.505 e. The molecule has 2 aliphatic rings. The third-order valence-electron chi connectivity index (χ3n) is 7.25. The number of ether oxygens (including phenoxy) is 4. The van der Waals surface area contributed by atoms with Gasteiger partial charge in [-0.05, 0) is 6.42 Å². The highest BCUT2D eigenvalue weighted by Gasteiger charge is 2.48. The monoisotopic (exact) mass is 576 g/mol. The first kappa shape index (κ1) is 34.2. The maximum absolute atomic E-state index is 12.2. The second-order valence-electron chi connectivity index (χ2n) is 10.6. The molecule has 0 aromatic rings. The molecule has 1 fully saturated rings. The molecule has 0 amide bonds. The molecule has 0 spiro atoms. The van der Waals surface area contributed by atoms with Crippen LogP contribution in [0.5, 0.6) is 0 Å². The highest BCUT2D eigenvalue weighted by atomic mass is 16.7. The molecule has 0 aromatic heterocycles. The van der Waals surface area contributed by atoms with Crippen molar-refractivity contribution >= 4 is 11.9 Å². The molecular formula is C28H48O12. The number of aliphatic hydroxyl groups is 6. The Kier molecular flexibility index (Phi) is 15.8. The molecule has 0 radical (unpaired) electrons. The van der Waals surface area contributed by atoms with Gasteiger partial charge in [0.15, 0.2) is 11.9 Å². The number of esters is 2. The molecule has 2 heterocycles. The van der Waals surface area contributed by atoms with Crippen molar-refractivity contribution in [1.29, 1.82) is 0 Å². The van der Waals surface area contributed by atoms with E-state index in [1.54, 1.807) is 0 Å². The number of aliphatic hydroxyl groups excluding tert-OH is 6. The first-order valence-corrected chi connectivity index (χ1v) is 14.7. The van der Waals surface area contributed by atoms with Crippen molar-refractivity contribution in [1.82, 2.24) is 0 Å². The summed E-state index contributed by atoms with van der Waals surface area (Å²) in [7, 11) is 0. The predicted octanol–water partition coefficient (Wildman–Crippen LogP) is 1.88. The van der Waals surface area contributed by atoms with Crippen LogP contribution in [0.4, 0.5) is 0 Å². The third kappa shape index (κ3) is 10.8. The Morgan fingerprint density at radius 2 is 1.43 bits per heavy atom. The zero-order valence-electron chi connectivity index (χ0n) is 23.5. The normalized spacial score (nSPS) is 27.5. The molecule has 0 aromatic carbocycles. The summed E-state index contributed by atoms with van der Waals surface area (Å²) in [6, 6.07) is 0. The van der Waals surface area contributed by atoms with Crippen molar-refractivity contribution in [2.45, 2.75) is 140 Å². The average Bonchev–Trinajstić information content (AvgIpc) is 3.22. The van der Waals surface area contributed by atoms with E-state index in [0.29, 0.717) is 6.42 Å². The van der Waals surface area contributed by atoms with Gasteiger partial charge in [0.2, 0.25) is 12.0 Å². The predicted molar refractivity (Wildman–Crippen MR) is 142 cm³/mol. The molecule has 2 rings (SSSR count). The summed E-state index contributed by atoms with van der Waals surface area (Å²) < 4.78 is 20.5. The standard InChI is InChI=1S/C28H48O12/c1-2-3-4-5-6-7-8-9-10-11-12-13-14-15-20(31)37-17-19-21(32)22(33)23(34)28(38-19)40-26-24(35)25(18(30)16-29)39-27(26)36/h18-19,21-23,25,28-30,32-35H,2-17H2,1H3/t18-,19+,21-,22-,23+,25+,28-/m0/s1. The fourth-order valence-electron chi connectivity index (χ4n) is 4.73. The Morgan fingerprint density at radius 3 is 1.98 bits per heavy atom. The second kappa shape index (κ2) is 18.5. The van der Waals surface area contributed by atoms with E-state index in [9.17, 15) is 35.1 Å². The van der Waals surface area contributed by atoms with Crippen LogP contribution < -0.4 is 0 Å². The highest BCUT2D eigenvalue weighted by Crippen LogP contribution is 2.30. The molecule has 7 atom stereocenters. The van der Waals surface area contributed by atoms with E-state index >= 15 is 0 Å². The molecule has 40 heavy (non-hydrogen) atoms. The van der Waals surface area contributed by atoms with Gasteiger partial charge in [-0.15, -0.1) is 0 Å². The van der Waals surface area contributed by atoms with Crippen molar-refractivity contribution < 1.29 is 59.2 Å². The lowest BCUT2D eigenvalue weighted by Gasteiger charge is -2.39. The Hall–Kier alpha value is -1.96. The number of hydrogen-bond acceptors (Lipinski definition) is 12.